The van der Waals surface area contributed by atoms with E-state index in [1.165, 1.54) is 17.4 Å². The van der Waals surface area contributed by atoms with E-state index in [9.17, 15) is 8.78 Å². The molecule has 0 aliphatic carbocycles. The Kier molecular flexibility index (Phi) is 3.14. The molecule has 5 heteroatoms. The lowest BCUT2D eigenvalue weighted by Crippen LogP contribution is -1.99. The molecule has 1 heterocycles. The summed E-state index contributed by atoms with van der Waals surface area (Å²) in [5.74, 6) is -1.68. The van der Waals surface area contributed by atoms with Gasteiger partial charge in [0.05, 0.1) is 6.54 Å². The van der Waals surface area contributed by atoms with Crippen LogP contribution in [0.4, 0.5) is 14.5 Å². The van der Waals surface area contributed by atoms with Gasteiger partial charge in [-0.05, 0) is 19.1 Å². The molecule has 2 aromatic rings. The fourth-order valence-corrected chi connectivity index (χ4v) is 1.98. The summed E-state index contributed by atoms with van der Waals surface area (Å²) in [4.78, 5) is 4.25. The van der Waals surface area contributed by atoms with Crippen molar-refractivity contribution in [2.75, 3.05) is 5.32 Å². The molecule has 84 valence electrons. The zero-order valence-corrected chi connectivity index (χ0v) is 9.44. The second kappa shape index (κ2) is 4.57. The smallest absolute Gasteiger partial charge is 0.160 e. The summed E-state index contributed by atoms with van der Waals surface area (Å²) in [6, 6.07) is 3.74. The molecule has 0 aliphatic rings. The van der Waals surface area contributed by atoms with Crippen LogP contribution in [-0.4, -0.2) is 4.98 Å². The first-order valence-electron chi connectivity index (χ1n) is 4.75. The predicted molar refractivity (Wildman–Crippen MR) is 60.5 cm³/mol. The highest BCUT2D eigenvalue weighted by Crippen LogP contribution is 2.15. The average molecular weight is 240 g/mol. The maximum Gasteiger partial charge on any atom is 0.160 e. The minimum atomic E-state index is -0.847. The Morgan fingerprint density at radius 2 is 2.12 bits per heavy atom. The topological polar surface area (TPSA) is 24.9 Å². The lowest BCUT2D eigenvalue weighted by atomic mass is 10.3. The van der Waals surface area contributed by atoms with Crippen LogP contribution in [0.15, 0.2) is 23.6 Å². The van der Waals surface area contributed by atoms with Crippen LogP contribution >= 0.6 is 11.3 Å². The molecule has 1 aromatic heterocycles. The summed E-state index contributed by atoms with van der Waals surface area (Å²) in [6.07, 6.45) is 0. The van der Waals surface area contributed by atoms with Crippen LogP contribution in [-0.2, 0) is 6.54 Å². The normalized spacial score (nSPS) is 10.4. The van der Waals surface area contributed by atoms with Gasteiger partial charge in [0.1, 0.15) is 5.01 Å². The highest BCUT2D eigenvalue weighted by Gasteiger charge is 2.03. The van der Waals surface area contributed by atoms with Crippen LogP contribution < -0.4 is 5.32 Å². The molecule has 0 atom stereocenters. The van der Waals surface area contributed by atoms with Gasteiger partial charge in [0, 0.05) is 22.8 Å². The molecular formula is C11H10F2N2S. The first-order valence-corrected chi connectivity index (χ1v) is 5.63. The van der Waals surface area contributed by atoms with Gasteiger partial charge < -0.3 is 5.32 Å². The number of hydrogen-bond donors (Lipinski definition) is 1. The Bertz CT molecular complexity index is 496. The lowest BCUT2D eigenvalue weighted by Gasteiger charge is -2.04. The molecule has 0 fully saturated rings. The summed E-state index contributed by atoms with van der Waals surface area (Å²) < 4.78 is 25.5. The maximum absolute atomic E-state index is 12.9. The monoisotopic (exact) mass is 240 g/mol. The van der Waals surface area contributed by atoms with E-state index >= 15 is 0 Å². The Morgan fingerprint density at radius 3 is 2.75 bits per heavy atom. The van der Waals surface area contributed by atoms with Crippen LogP contribution in [0.25, 0.3) is 0 Å². The molecule has 2 rings (SSSR count). The molecule has 1 aromatic carbocycles. The van der Waals surface area contributed by atoms with Gasteiger partial charge in [0.2, 0.25) is 0 Å². The Labute approximate surface area is 96.0 Å². The molecule has 0 unspecified atom stereocenters. The van der Waals surface area contributed by atoms with Crippen molar-refractivity contribution in [2.24, 2.45) is 0 Å². The molecule has 0 bridgehead atoms. The van der Waals surface area contributed by atoms with E-state index in [1.807, 2.05) is 12.3 Å². The Morgan fingerprint density at radius 1 is 1.31 bits per heavy atom. The third kappa shape index (κ3) is 2.55. The molecule has 0 radical (unpaired) electrons. The molecular weight excluding hydrogens is 230 g/mol. The zero-order chi connectivity index (χ0) is 11.5. The zero-order valence-electron chi connectivity index (χ0n) is 8.63. The van der Waals surface area contributed by atoms with Crippen molar-refractivity contribution in [3.8, 4) is 0 Å². The minimum Gasteiger partial charge on any atom is -0.378 e. The summed E-state index contributed by atoms with van der Waals surface area (Å²) in [5, 5.41) is 5.85. The third-order valence-corrected chi connectivity index (χ3v) is 3.00. The highest BCUT2D eigenvalue weighted by molar-refractivity contribution is 7.09. The van der Waals surface area contributed by atoms with E-state index in [0.29, 0.717) is 12.2 Å². The molecule has 1 N–H and O–H groups in total. The molecule has 0 aliphatic heterocycles. The Balaban J connectivity index is 2.02. The number of benzene rings is 1. The van der Waals surface area contributed by atoms with Gasteiger partial charge in [-0.25, -0.2) is 13.8 Å². The summed E-state index contributed by atoms with van der Waals surface area (Å²) in [6.45, 7) is 2.43. The molecule has 16 heavy (non-hydrogen) atoms. The minimum absolute atomic E-state index is 0.517. The van der Waals surface area contributed by atoms with Crippen LogP contribution in [0.5, 0.6) is 0 Å². The number of rotatable bonds is 3. The number of hydrogen-bond acceptors (Lipinski definition) is 3. The summed E-state index contributed by atoms with van der Waals surface area (Å²) in [7, 11) is 0. The van der Waals surface area contributed by atoms with Crippen LogP contribution in [0.1, 0.15) is 10.7 Å². The number of thiazole rings is 1. The SMILES string of the molecule is Cc1csc(CNc2ccc(F)c(F)c2)n1. The van der Waals surface area contributed by atoms with Crippen molar-refractivity contribution in [1.29, 1.82) is 0 Å². The van der Waals surface area contributed by atoms with Gasteiger partial charge in [-0.2, -0.15) is 0 Å². The van der Waals surface area contributed by atoms with E-state index in [0.717, 1.165) is 22.8 Å². The largest absolute Gasteiger partial charge is 0.378 e. The Hall–Kier alpha value is -1.49. The molecule has 0 spiro atoms. The number of nitrogens with zero attached hydrogens (tertiary/aromatic N) is 1. The average Bonchev–Trinajstić information content (AvgIpc) is 2.66. The molecule has 0 amide bonds. The predicted octanol–water partition coefficient (Wildman–Crippen LogP) is 3.34. The van der Waals surface area contributed by atoms with Crippen molar-refractivity contribution in [3.05, 3.63) is 45.9 Å². The van der Waals surface area contributed by atoms with Gasteiger partial charge in [0.15, 0.2) is 11.6 Å². The van der Waals surface area contributed by atoms with Crippen molar-refractivity contribution in [1.82, 2.24) is 4.98 Å². The van der Waals surface area contributed by atoms with Crippen molar-refractivity contribution >= 4 is 17.0 Å². The second-order valence-corrected chi connectivity index (χ2v) is 4.31. The fraction of sp³-hybridized carbons (Fsp3) is 0.182. The number of aryl methyl sites for hydroxylation is 1. The third-order valence-electron chi connectivity index (χ3n) is 2.03. The standard InChI is InChI=1S/C11H10F2N2S/c1-7-6-16-11(15-7)5-14-8-2-3-9(12)10(13)4-8/h2-4,6,14H,5H2,1H3. The van der Waals surface area contributed by atoms with Crippen LogP contribution in [0, 0.1) is 18.6 Å². The maximum atomic E-state index is 12.9. The first kappa shape index (κ1) is 11.0. The number of nitrogens with one attached hydrogen (secondary N) is 1. The van der Waals surface area contributed by atoms with Gasteiger partial charge in [-0.1, -0.05) is 0 Å². The fourth-order valence-electron chi connectivity index (χ4n) is 1.27. The van der Waals surface area contributed by atoms with Gasteiger partial charge in [-0.3, -0.25) is 0 Å². The van der Waals surface area contributed by atoms with Crippen molar-refractivity contribution in [3.63, 3.8) is 0 Å². The number of halogens is 2. The van der Waals surface area contributed by atoms with E-state index in [2.05, 4.69) is 10.3 Å². The van der Waals surface area contributed by atoms with E-state index in [4.69, 9.17) is 0 Å². The lowest BCUT2D eigenvalue weighted by molar-refractivity contribution is 0.509. The van der Waals surface area contributed by atoms with Crippen LogP contribution in [0.3, 0.4) is 0 Å². The van der Waals surface area contributed by atoms with Gasteiger partial charge >= 0.3 is 0 Å². The van der Waals surface area contributed by atoms with E-state index in [1.54, 1.807) is 0 Å². The van der Waals surface area contributed by atoms with Crippen molar-refractivity contribution in [2.45, 2.75) is 13.5 Å². The van der Waals surface area contributed by atoms with Gasteiger partial charge in [-0.15, -0.1) is 11.3 Å². The molecule has 0 saturated heterocycles. The van der Waals surface area contributed by atoms with Crippen molar-refractivity contribution < 1.29 is 8.78 Å². The number of anilines is 1. The summed E-state index contributed by atoms with van der Waals surface area (Å²) in [5.41, 5.74) is 1.51. The van der Waals surface area contributed by atoms with Gasteiger partial charge in [0.25, 0.3) is 0 Å². The summed E-state index contributed by atoms with van der Waals surface area (Å²) >= 11 is 1.53. The first-order chi connectivity index (χ1) is 7.65. The molecule has 0 saturated carbocycles. The second-order valence-electron chi connectivity index (χ2n) is 3.37. The quantitative estimate of drug-likeness (QED) is 0.890. The van der Waals surface area contributed by atoms with E-state index in [-0.39, 0.29) is 0 Å². The van der Waals surface area contributed by atoms with E-state index < -0.39 is 11.6 Å². The number of aromatic nitrogens is 1. The van der Waals surface area contributed by atoms with Crippen LogP contribution in [0.2, 0.25) is 0 Å². The molecule has 2 nitrogen and oxygen atoms in total. The highest BCUT2D eigenvalue weighted by atomic mass is 32.1.